The van der Waals surface area contributed by atoms with Crippen LogP contribution in [0.2, 0.25) is 5.02 Å². The van der Waals surface area contributed by atoms with Crippen molar-refractivity contribution in [2.24, 2.45) is 0 Å². The number of hydrogen-bond donors (Lipinski definition) is 1. The van der Waals surface area contributed by atoms with E-state index in [1.165, 1.54) is 4.68 Å². The molecule has 0 aliphatic heterocycles. The molecule has 1 amide bonds. The van der Waals surface area contributed by atoms with Crippen molar-refractivity contribution in [2.75, 3.05) is 5.43 Å². The van der Waals surface area contributed by atoms with Crippen molar-refractivity contribution >= 4 is 28.4 Å². The highest BCUT2D eigenvalue weighted by Gasteiger charge is 2.15. The molecule has 4 rings (SSSR count). The van der Waals surface area contributed by atoms with Crippen LogP contribution in [-0.2, 0) is 17.6 Å². The molecule has 0 atom stereocenters. The van der Waals surface area contributed by atoms with Gasteiger partial charge in [-0.2, -0.15) is 0 Å². The molecule has 4 aromatic rings. The van der Waals surface area contributed by atoms with E-state index in [1.807, 2.05) is 49.4 Å². The molecular formula is C24H20ClN3O2. The predicted molar refractivity (Wildman–Crippen MR) is 120 cm³/mol. The first-order chi connectivity index (χ1) is 14.6. The fraction of sp³-hybridized carbons (Fsp3) is 0.125. The number of hydrogen-bond acceptors (Lipinski definition) is 3. The van der Waals surface area contributed by atoms with E-state index in [1.54, 1.807) is 30.3 Å². The first-order valence-corrected chi connectivity index (χ1v) is 10.1. The molecular weight excluding hydrogens is 398 g/mol. The van der Waals surface area contributed by atoms with Crippen LogP contribution in [0.3, 0.4) is 0 Å². The predicted octanol–water partition coefficient (Wildman–Crippen LogP) is 4.59. The molecule has 6 heteroatoms. The van der Waals surface area contributed by atoms with Crippen LogP contribution >= 0.6 is 11.6 Å². The van der Waals surface area contributed by atoms with E-state index in [-0.39, 0.29) is 17.9 Å². The molecule has 0 aliphatic rings. The quantitative estimate of drug-likeness (QED) is 0.516. The maximum atomic E-state index is 13.2. The number of carbonyl (C=O) groups is 1. The van der Waals surface area contributed by atoms with Crippen LogP contribution in [0.1, 0.15) is 18.3 Å². The Balaban J connectivity index is 1.74. The number of rotatable bonds is 5. The van der Waals surface area contributed by atoms with Gasteiger partial charge < -0.3 is 0 Å². The molecule has 150 valence electrons. The van der Waals surface area contributed by atoms with Crippen molar-refractivity contribution in [1.29, 1.82) is 0 Å². The van der Waals surface area contributed by atoms with E-state index in [4.69, 9.17) is 16.6 Å². The summed E-state index contributed by atoms with van der Waals surface area (Å²) in [4.78, 5) is 30.5. The molecule has 1 N–H and O–H groups in total. The number of halogens is 1. The first kappa shape index (κ1) is 19.9. The monoisotopic (exact) mass is 417 g/mol. The number of aromatic nitrogens is 2. The highest BCUT2D eigenvalue weighted by Crippen LogP contribution is 2.25. The van der Waals surface area contributed by atoms with Crippen molar-refractivity contribution in [3.8, 4) is 11.1 Å². The van der Waals surface area contributed by atoms with Crippen molar-refractivity contribution in [2.45, 2.75) is 19.8 Å². The van der Waals surface area contributed by atoms with Crippen molar-refractivity contribution in [3.05, 3.63) is 99.6 Å². The summed E-state index contributed by atoms with van der Waals surface area (Å²) < 4.78 is 1.26. The van der Waals surface area contributed by atoms with Crippen LogP contribution in [0.4, 0.5) is 0 Å². The lowest BCUT2D eigenvalue weighted by molar-refractivity contribution is -0.116. The van der Waals surface area contributed by atoms with Gasteiger partial charge in [0.2, 0.25) is 5.91 Å². The number of carbonyl (C=O) groups excluding carboxylic acids is 1. The fourth-order valence-electron chi connectivity index (χ4n) is 3.41. The largest absolute Gasteiger partial charge is 0.280 e. The Morgan fingerprint density at radius 1 is 1.00 bits per heavy atom. The first-order valence-electron chi connectivity index (χ1n) is 9.71. The third-order valence-corrected chi connectivity index (χ3v) is 5.14. The molecule has 1 heterocycles. The zero-order chi connectivity index (χ0) is 21.1. The summed E-state index contributed by atoms with van der Waals surface area (Å²) in [6, 6.07) is 22.4. The standard InChI is InChI=1S/C24H20ClN3O2/c1-2-21-26-23-19(17-7-4-3-5-8-17)9-6-10-20(23)24(30)28(21)27-22(29)15-16-11-13-18(25)14-12-16/h3-14H,2,15H2,1H3,(H,27,29). The number of nitrogens with one attached hydrogen (secondary N) is 1. The second kappa shape index (κ2) is 8.51. The molecule has 0 saturated carbocycles. The average molecular weight is 418 g/mol. The lowest BCUT2D eigenvalue weighted by atomic mass is 10.0. The number of fused-ring (bicyclic) bond motifs is 1. The number of aryl methyl sites for hydroxylation is 1. The number of amides is 1. The van der Waals surface area contributed by atoms with Gasteiger partial charge in [0.25, 0.3) is 5.56 Å². The smallest absolute Gasteiger partial charge is 0.273 e. The lowest BCUT2D eigenvalue weighted by Crippen LogP contribution is -2.37. The third-order valence-electron chi connectivity index (χ3n) is 4.88. The maximum Gasteiger partial charge on any atom is 0.280 e. The van der Waals surface area contributed by atoms with Gasteiger partial charge in [0.15, 0.2) is 0 Å². The minimum absolute atomic E-state index is 0.134. The van der Waals surface area contributed by atoms with Gasteiger partial charge >= 0.3 is 0 Å². The zero-order valence-corrected chi connectivity index (χ0v) is 17.2. The normalized spacial score (nSPS) is 10.9. The molecule has 3 aromatic carbocycles. The number of nitrogens with zero attached hydrogens (tertiary/aromatic N) is 2. The molecule has 5 nitrogen and oxygen atoms in total. The molecule has 1 aromatic heterocycles. The van der Waals surface area contributed by atoms with Gasteiger partial charge in [0.1, 0.15) is 5.82 Å². The zero-order valence-electron chi connectivity index (χ0n) is 16.4. The Hall–Kier alpha value is -3.44. The van der Waals surface area contributed by atoms with Gasteiger partial charge in [0, 0.05) is 17.0 Å². The van der Waals surface area contributed by atoms with Crippen molar-refractivity contribution in [1.82, 2.24) is 9.66 Å². The molecule has 0 aliphatic carbocycles. The molecule has 0 unspecified atom stereocenters. The van der Waals surface area contributed by atoms with Gasteiger partial charge in [-0.1, -0.05) is 73.1 Å². The van der Waals surface area contributed by atoms with Gasteiger partial charge in [-0.25, -0.2) is 9.66 Å². The second-order valence-electron chi connectivity index (χ2n) is 6.93. The van der Waals surface area contributed by atoms with Crippen LogP contribution in [0.15, 0.2) is 77.6 Å². The van der Waals surface area contributed by atoms with Crippen LogP contribution in [-0.4, -0.2) is 15.6 Å². The summed E-state index contributed by atoms with van der Waals surface area (Å²) in [5.74, 6) is 0.204. The van der Waals surface area contributed by atoms with Gasteiger partial charge in [-0.15, -0.1) is 0 Å². The molecule has 30 heavy (non-hydrogen) atoms. The number of benzene rings is 3. The molecule has 0 saturated heterocycles. The summed E-state index contributed by atoms with van der Waals surface area (Å²) in [7, 11) is 0. The van der Waals surface area contributed by atoms with Crippen molar-refractivity contribution in [3.63, 3.8) is 0 Å². The minimum atomic E-state index is -0.297. The number of para-hydroxylation sites is 1. The molecule has 0 bridgehead atoms. The van der Waals surface area contributed by atoms with Crippen LogP contribution in [0, 0.1) is 0 Å². The van der Waals surface area contributed by atoms with Crippen LogP contribution in [0.25, 0.3) is 22.0 Å². The van der Waals surface area contributed by atoms with Gasteiger partial charge in [0.05, 0.1) is 17.3 Å². The maximum absolute atomic E-state index is 13.2. The van der Waals surface area contributed by atoms with Gasteiger partial charge in [-0.05, 0) is 29.3 Å². The fourth-order valence-corrected chi connectivity index (χ4v) is 3.53. The average Bonchev–Trinajstić information content (AvgIpc) is 2.77. The highest BCUT2D eigenvalue weighted by molar-refractivity contribution is 6.30. The lowest BCUT2D eigenvalue weighted by Gasteiger charge is -2.15. The Morgan fingerprint density at radius 2 is 1.73 bits per heavy atom. The Labute approximate surface area is 178 Å². The molecule has 0 fully saturated rings. The molecule has 0 radical (unpaired) electrons. The Bertz CT molecular complexity index is 1270. The van der Waals surface area contributed by atoms with E-state index in [9.17, 15) is 9.59 Å². The summed E-state index contributed by atoms with van der Waals surface area (Å²) in [6.07, 6.45) is 0.629. The summed E-state index contributed by atoms with van der Waals surface area (Å²) in [5, 5.41) is 1.07. The van der Waals surface area contributed by atoms with E-state index in [0.717, 1.165) is 16.7 Å². The van der Waals surface area contributed by atoms with Crippen LogP contribution in [0.5, 0.6) is 0 Å². The highest BCUT2D eigenvalue weighted by atomic mass is 35.5. The third kappa shape index (κ3) is 3.98. The van der Waals surface area contributed by atoms with E-state index < -0.39 is 0 Å². The van der Waals surface area contributed by atoms with E-state index in [2.05, 4.69) is 5.43 Å². The summed E-state index contributed by atoms with van der Waals surface area (Å²) in [6.45, 7) is 1.90. The molecule has 0 spiro atoms. The van der Waals surface area contributed by atoms with E-state index >= 15 is 0 Å². The summed E-state index contributed by atoms with van der Waals surface area (Å²) >= 11 is 5.90. The van der Waals surface area contributed by atoms with Gasteiger partial charge in [-0.3, -0.25) is 15.0 Å². The van der Waals surface area contributed by atoms with E-state index in [0.29, 0.717) is 28.2 Å². The Morgan fingerprint density at radius 3 is 2.43 bits per heavy atom. The Kier molecular flexibility index (Phi) is 5.63. The topological polar surface area (TPSA) is 64.0 Å². The van der Waals surface area contributed by atoms with Crippen LogP contribution < -0.4 is 11.0 Å². The SMILES string of the molecule is CCc1nc2c(-c3ccccc3)cccc2c(=O)n1NC(=O)Cc1ccc(Cl)cc1. The second-order valence-corrected chi connectivity index (χ2v) is 7.36. The van der Waals surface area contributed by atoms with Crippen molar-refractivity contribution < 1.29 is 4.79 Å². The minimum Gasteiger partial charge on any atom is -0.273 e. The summed E-state index contributed by atoms with van der Waals surface area (Å²) in [5.41, 5.74) is 5.74.